The topological polar surface area (TPSA) is 29.1 Å². The van der Waals surface area contributed by atoms with Crippen LogP contribution in [0.15, 0.2) is 29.6 Å². The van der Waals surface area contributed by atoms with E-state index in [4.69, 9.17) is 0 Å². The predicted octanol–water partition coefficient (Wildman–Crippen LogP) is 4.43. The number of nitrogens with one attached hydrogen (secondary N) is 1. The molecular formula is C17H19NOS. The molecule has 20 heavy (non-hydrogen) atoms. The average molecular weight is 285 g/mol. The summed E-state index contributed by atoms with van der Waals surface area (Å²) in [5.41, 5.74) is 4.21. The van der Waals surface area contributed by atoms with Crippen molar-refractivity contribution in [3.05, 3.63) is 51.2 Å². The first kappa shape index (κ1) is 13.4. The second-order valence-corrected chi connectivity index (χ2v) is 6.68. The molecule has 2 nitrogen and oxygen atoms in total. The highest BCUT2D eigenvalue weighted by molar-refractivity contribution is 7.10. The highest BCUT2D eigenvalue weighted by Crippen LogP contribution is 2.33. The number of benzene rings is 1. The third kappa shape index (κ3) is 2.63. The molecule has 1 aliphatic carbocycles. The van der Waals surface area contributed by atoms with Gasteiger partial charge in [-0.25, -0.2) is 0 Å². The van der Waals surface area contributed by atoms with Crippen molar-refractivity contribution in [3.8, 4) is 0 Å². The summed E-state index contributed by atoms with van der Waals surface area (Å²) in [6.45, 7) is 4.33. The minimum atomic E-state index is 0.0286. The lowest BCUT2D eigenvalue weighted by molar-refractivity contribution is 0.102. The van der Waals surface area contributed by atoms with Crippen LogP contribution in [0.5, 0.6) is 0 Å². The Labute approximate surface area is 123 Å². The zero-order valence-corrected chi connectivity index (χ0v) is 12.7. The van der Waals surface area contributed by atoms with Crippen molar-refractivity contribution in [2.75, 3.05) is 5.32 Å². The van der Waals surface area contributed by atoms with Crippen molar-refractivity contribution in [1.82, 2.24) is 0 Å². The van der Waals surface area contributed by atoms with Crippen LogP contribution in [-0.4, -0.2) is 5.91 Å². The fourth-order valence-electron chi connectivity index (χ4n) is 2.70. The number of thiophene rings is 1. The number of rotatable bonds is 2. The van der Waals surface area contributed by atoms with E-state index in [-0.39, 0.29) is 5.91 Å². The van der Waals surface area contributed by atoms with E-state index in [1.165, 1.54) is 22.4 Å². The van der Waals surface area contributed by atoms with Crippen molar-refractivity contribution in [2.45, 2.75) is 33.1 Å². The Morgan fingerprint density at radius 3 is 2.80 bits per heavy atom. The van der Waals surface area contributed by atoms with E-state index in [0.29, 0.717) is 0 Å². The van der Waals surface area contributed by atoms with Crippen LogP contribution in [0.2, 0.25) is 0 Å². The number of anilines is 1. The summed E-state index contributed by atoms with van der Waals surface area (Å²) in [4.78, 5) is 13.8. The van der Waals surface area contributed by atoms with Gasteiger partial charge in [0, 0.05) is 15.9 Å². The molecule has 0 fully saturated rings. The smallest absolute Gasteiger partial charge is 0.256 e. The zero-order chi connectivity index (χ0) is 14.1. The molecule has 0 unspecified atom stereocenters. The molecule has 1 aromatic heterocycles. The summed E-state index contributed by atoms with van der Waals surface area (Å²) >= 11 is 1.74. The quantitative estimate of drug-likeness (QED) is 0.868. The van der Waals surface area contributed by atoms with Crippen molar-refractivity contribution >= 4 is 22.9 Å². The van der Waals surface area contributed by atoms with Crippen LogP contribution in [-0.2, 0) is 12.8 Å². The summed E-state index contributed by atoms with van der Waals surface area (Å²) in [7, 11) is 0. The zero-order valence-electron chi connectivity index (χ0n) is 11.9. The SMILES string of the molecule is Cc1ccc(NC(=O)c2csc3c2CC[C@@H](C)C3)cc1. The Balaban J connectivity index is 1.79. The van der Waals surface area contributed by atoms with Crippen molar-refractivity contribution < 1.29 is 4.79 Å². The van der Waals surface area contributed by atoms with E-state index < -0.39 is 0 Å². The first-order valence-corrected chi connectivity index (χ1v) is 7.98. The Morgan fingerprint density at radius 2 is 2.05 bits per heavy atom. The lowest BCUT2D eigenvalue weighted by Gasteiger charge is -2.18. The summed E-state index contributed by atoms with van der Waals surface area (Å²) in [6, 6.07) is 7.93. The molecule has 2 aromatic rings. The molecule has 3 heteroatoms. The van der Waals surface area contributed by atoms with Gasteiger partial charge in [-0.3, -0.25) is 4.79 Å². The normalized spacial score (nSPS) is 17.6. The number of hydrogen-bond donors (Lipinski definition) is 1. The van der Waals surface area contributed by atoms with Gasteiger partial charge in [0.05, 0.1) is 5.56 Å². The van der Waals surface area contributed by atoms with E-state index in [2.05, 4.69) is 12.2 Å². The highest BCUT2D eigenvalue weighted by atomic mass is 32.1. The van der Waals surface area contributed by atoms with Crippen LogP contribution >= 0.6 is 11.3 Å². The summed E-state index contributed by atoms with van der Waals surface area (Å²) < 4.78 is 0. The van der Waals surface area contributed by atoms with E-state index in [1.807, 2.05) is 36.6 Å². The second kappa shape index (κ2) is 5.41. The molecule has 1 amide bonds. The van der Waals surface area contributed by atoms with Gasteiger partial charge in [-0.15, -0.1) is 11.3 Å². The molecule has 3 rings (SSSR count). The molecule has 0 radical (unpaired) electrons. The fourth-order valence-corrected chi connectivity index (χ4v) is 3.95. The number of aryl methyl sites for hydroxylation is 1. The van der Waals surface area contributed by atoms with Crippen LogP contribution < -0.4 is 5.32 Å². The first-order chi connectivity index (χ1) is 9.63. The van der Waals surface area contributed by atoms with Crippen LogP contribution in [0.3, 0.4) is 0 Å². The third-order valence-electron chi connectivity index (χ3n) is 3.96. The Kier molecular flexibility index (Phi) is 3.62. The van der Waals surface area contributed by atoms with E-state index in [9.17, 15) is 4.79 Å². The van der Waals surface area contributed by atoms with Gasteiger partial charge in [0.2, 0.25) is 0 Å². The third-order valence-corrected chi connectivity index (χ3v) is 5.01. The maximum absolute atomic E-state index is 12.4. The van der Waals surface area contributed by atoms with Gasteiger partial charge in [-0.05, 0) is 49.8 Å². The van der Waals surface area contributed by atoms with Gasteiger partial charge >= 0.3 is 0 Å². The lowest BCUT2D eigenvalue weighted by atomic mass is 9.88. The maximum atomic E-state index is 12.4. The molecule has 0 saturated heterocycles. The minimum absolute atomic E-state index is 0.0286. The molecule has 1 N–H and O–H groups in total. The molecule has 1 heterocycles. The Bertz CT molecular complexity index is 627. The fraction of sp³-hybridized carbons (Fsp3) is 0.353. The van der Waals surface area contributed by atoms with Crippen LogP contribution in [0, 0.1) is 12.8 Å². The van der Waals surface area contributed by atoms with Crippen LogP contribution in [0.4, 0.5) is 5.69 Å². The molecule has 0 bridgehead atoms. The minimum Gasteiger partial charge on any atom is -0.322 e. The van der Waals surface area contributed by atoms with E-state index >= 15 is 0 Å². The number of hydrogen-bond acceptors (Lipinski definition) is 2. The van der Waals surface area contributed by atoms with Crippen molar-refractivity contribution in [2.24, 2.45) is 5.92 Å². The molecule has 0 saturated carbocycles. The maximum Gasteiger partial charge on any atom is 0.256 e. The standard InChI is InChI=1S/C17H19NOS/c1-11-3-6-13(7-4-11)18-17(19)15-10-20-16-9-12(2)5-8-14(15)16/h3-4,6-7,10,12H,5,8-9H2,1-2H3,(H,18,19)/t12-/m1/s1. The Morgan fingerprint density at radius 1 is 1.30 bits per heavy atom. The molecule has 0 aliphatic heterocycles. The molecule has 1 aromatic carbocycles. The van der Waals surface area contributed by atoms with Crippen LogP contribution in [0.25, 0.3) is 0 Å². The van der Waals surface area contributed by atoms with E-state index in [1.54, 1.807) is 11.3 Å². The monoisotopic (exact) mass is 285 g/mol. The predicted molar refractivity (Wildman–Crippen MR) is 84.6 cm³/mol. The first-order valence-electron chi connectivity index (χ1n) is 7.10. The second-order valence-electron chi connectivity index (χ2n) is 5.72. The van der Waals surface area contributed by atoms with Gasteiger partial charge in [-0.2, -0.15) is 0 Å². The molecular weight excluding hydrogens is 266 g/mol. The molecule has 1 aliphatic rings. The van der Waals surface area contributed by atoms with Gasteiger partial charge in [-0.1, -0.05) is 24.6 Å². The van der Waals surface area contributed by atoms with Gasteiger partial charge in [0.25, 0.3) is 5.91 Å². The van der Waals surface area contributed by atoms with Gasteiger partial charge < -0.3 is 5.32 Å². The molecule has 104 valence electrons. The summed E-state index contributed by atoms with van der Waals surface area (Å²) in [6.07, 6.45) is 3.35. The van der Waals surface area contributed by atoms with Gasteiger partial charge in [0.1, 0.15) is 0 Å². The number of amides is 1. The lowest BCUT2D eigenvalue weighted by Crippen LogP contribution is -2.16. The highest BCUT2D eigenvalue weighted by Gasteiger charge is 2.23. The number of fused-ring (bicyclic) bond motifs is 1. The van der Waals surface area contributed by atoms with Crippen molar-refractivity contribution in [3.63, 3.8) is 0 Å². The van der Waals surface area contributed by atoms with Gasteiger partial charge in [0.15, 0.2) is 0 Å². The van der Waals surface area contributed by atoms with E-state index in [0.717, 1.165) is 30.0 Å². The number of carbonyl (C=O) groups excluding carboxylic acids is 1. The molecule has 0 spiro atoms. The largest absolute Gasteiger partial charge is 0.322 e. The van der Waals surface area contributed by atoms with Crippen molar-refractivity contribution in [1.29, 1.82) is 0 Å². The van der Waals surface area contributed by atoms with Crippen LogP contribution in [0.1, 0.15) is 39.7 Å². The molecule has 1 atom stereocenters. The number of carbonyl (C=O) groups is 1. The average Bonchev–Trinajstić information content (AvgIpc) is 2.84. The summed E-state index contributed by atoms with van der Waals surface area (Å²) in [5.74, 6) is 0.773. The summed E-state index contributed by atoms with van der Waals surface area (Å²) in [5, 5.41) is 5.02. The Hall–Kier alpha value is -1.61.